The zero-order chi connectivity index (χ0) is 36.5. The highest BCUT2D eigenvalue weighted by Crippen LogP contribution is 2.28. The molecule has 0 N–H and O–H groups in total. The number of halogens is 1. The van der Waals surface area contributed by atoms with Crippen molar-refractivity contribution in [3.63, 3.8) is 0 Å². The number of pyridine rings is 2. The van der Waals surface area contributed by atoms with E-state index in [4.69, 9.17) is 4.18 Å². The van der Waals surface area contributed by atoms with E-state index in [1.54, 1.807) is 59.5 Å². The molecule has 0 bridgehead atoms. The summed E-state index contributed by atoms with van der Waals surface area (Å²) in [4.78, 5) is 26.6. The summed E-state index contributed by atoms with van der Waals surface area (Å²) in [5.74, 6) is -0.285. The van der Waals surface area contributed by atoms with Gasteiger partial charge in [0.2, 0.25) is 10.9 Å². The summed E-state index contributed by atoms with van der Waals surface area (Å²) in [5, 5.41) is 1.98. The quantitative estimate of drug-likeness (QED) is 0.125. The Labute approximate surface area is 316 Å². The van der Waals surface area contributed by atoms with Gasteiger partial charge in [-0.25, -0.2) is 18.4 Å². The molecule has 1 saturated heterocycles. The molecule has 14 heteroatoms. The fourth-order valence-corrected chi connectivity index (χ4v) is 9.26. The van der Waals surface area contributed by atoms with E-state index in [9.17, 15) is 21.6 Å². The Morgan fingerprint density at radius 2 is 1.31 bits per heavy atom. The Morgan fingerprint density at radius 1 is 0.750 bits per heavy atom. The number of aromatic nitrogens is 2. The Kier molecular flexibility index (Phi) is 10.2. The van der Waals surface area contributed by atoms with Crippen LogP contribution in [-0.4, -0.2) is 81.2 Å². The van der Waals surface area contributed by atoms with Gasteiger partial charge in [-0.15, -0.1) is 0 Å². The lowest BCUT2D eigenvalue weighted by atomic mass is 10.0. The summed E-state index contributed by atoms with van der Waals surface area (Å²) < 4.78 is 62.8. The molecule has 0 spiro atoms. The number of hydrogen-bond acceptors (Lipinski definition) is 9. The largest absolute Gasteiger partial charge is 0.378 e. The van der Waals surface area contributed by atoms with Crippen LogP contribution in [0, 0.1) is 3.57 Å². The highest BCUT2D eigenvalue weighted by molar-refractivity contribution is 14.1. The van der Waals surface area contributed by atoms with Crippen molar-refractivity contribution in [2.45, 2.75) is 22.5 Å². The van der Waals surface area contributed by atoms with Crippen molar-refractivity contribution in [3.8, 4) is 5.75 Å². The van der Waals surface area contributed by atoms with Crippen molar-refractivity contribution in [2.24, 2.45) is 0 Å². The highest BCUT2D eigenvalue weighted by Gasteiger charge is 2.38. The van der Waals surface area contributed by atoms with Crippen molar-refractivity contribution in [1.82, 2.24) is 19.2 Å². The van der Waals surface area contributed by atoms with E-state index >= 15 is 0 Å². The van der Waals surface area contributed by atoms with Crippen LogP contribution in [0.25, 0.3) is 21.5 Å². The van der Waals surface area contributed by atoms with Crippen molar-refractivity contribution in [3.05, 3.63) is 131 Å². The van der Waals surface area contributed by atoms with Crippen LogP contribution in [-0.2, 0) is 31.4 Å². The number of carbonyl (C=O) groups is 1. The van der Waals surface area contributed by atoms with Gasteiger partial charge in [-0.3, -0.25) is 4.79 Å². The van der Waals surface area contributed by atoms with Crippen molar-refractivity contribution >= 4 is 75.9 Å². The Morgan fingerprint density at radius 3 is 1.92 bits per heavy atom. The molecule has 0 unspecified atom stereocenters. The predicted molar refractivity (Wildman–Crippen MR) is 208 cm³/mol. The molecule has 266 valence electrons. The van der Waals surface area contributed by atoms with E-state index in [-0.39, 0.29) is 28.1 Å². The van der Waals surface area contributed by atoms with Crippen LogP contribution in [0.4, 0.5) is 5.69 Å². The predicted octanol–water partition coefficient (Wildman–Crippen LogP) is 5.74. The van der Waals surface area contributed by atoms with Gasteiger partial charge in [-0.2, -0.15) is 12.7 Å². The van der Waals surface area contributed by atoms with Crippen LogP contribution < -0.4 is 9.08 Å². The van der Waals surface area contributed by atoms with Gasteiger partial charge in [0.15, 0.2) is 5.03 Å². The molecule has 1 fully saturated rings. The lowest BCUT2D eigenvalue weighted by Gasteiger charge is -2.39. The first-order valence-electron chi connectivity index (χ1n) is 16.5. The SMILES string of the molecule is CN([C@@H](Cc1ccc(OS(=O)(=O)c2nccc3ccccc23)cc1)C(=O)N1CCN(c2ccc(I)cc2)CC1)S(=O)(=O)c1nccc2ccccc12. The molecular weight excluding hydrogens is 813 g/mol. The summed E-state index contributed by atoms with van der Waals surface area (Å²) >= 11 is 2.26. The molecule has 52 heavy (non-hydrogen) atoms. The third-order valence-corrected chi connectivity index (χ3v) is 13.0. The van der Waals surface area contributed by atoms with E-state index in [0.717, 1.165) is 13.6 Å². The molecule has 4 aromatic carbocycles. The van der Waals surface area contributed by atoms with E-state index in [0.29, 0.717) is 53.3 Å². The van der Waals surface area contributed by atoms with Gasteiger partial charge in [0.25, 0.3) is 10.0 Å². The number of fused-ring (bicyclic) bond motifs is 2. The van der Waals surface area contributed by atoms with E-state index in [1.807, 2.05) is 30.3 Å². The number of piperazine rings is 1. The zero-order valence-corrected chi connectivity index (χ0v) is 31.8. The van der Waals surface area contributed by atoms with Crippen molar-refractivity contribution < 1.29 is 25.8 Å². The molecule has 1 amide bonds. The summed E-state index contributed by atoms with van der Waals surface area (Å²) in [7, 11) is -7.13. The second-order valence-electron chi connectivity index (χ2n) is 12.4. The minimum Gasteiger partial charge on any atom is -0.378 e. The molecule has 1 aliphatic rings. The molecule has 11 nitrogen and oxygen atoms in total. The third kappa shape index (κ3) is 7.33. The zero-order valence-electron chi connectivity index (χ0n) is 28.0. The molecule has 6 aromatic rings. The lowest BCUT2D eigenvalue weighted by molar-refractivity contribution is -0.135. The molecule has 1 aliphatic heterocycles. The molecule has 1 atom stereocenters. The van der Waals surface area contributed by atoms with Gasteiger partial charge in [0.05, 0.1) is 0 Å². The third-order valence-electron chi connectivity index (χ3n) is 9.20. The van der Waals surface area contributed by atoms with Crippen LogP contribution >= 0.6 is 22.6 Å². The molecule has 0 saturated carbocycles. The van der Waals surface area contributed by atoms with Gasteiger partial charge in [0.1, 0.15) is 11.8 Å². The first-order chi connectivity index (χ1) is 25.0. The minimum absolute atomic E-state index is 0.0224. The highest BCUT2D eigenvalue weighted by atomic mass is 127. The summed E-state index contributed by atoms with van der Waals surface area (Å²) in [6.07, 6.45) is 2.89. The number of anilines is 1. The normalized spacial score (nSPS) is 14.5. The summed E-state index contributed by atoms with van der Waals surface area (Å²) in [5.41, 5.74) is 1.67. The lowest BCUT2D eigenvalue weighted by Crippen LogP contribution is -2.56. The smallest absolute Gasteiger partial charge is 0.357 e. The van der Waals surface area contributed by atoms with Gasteiger partial charge < -0.3 is 14.0 Å². The minimum atomic E-state index is -4.28. The monoisotopic (exact) mass is 847 g/mol. The number of hydrogen-bond donors (Lipinski definition) is 0. The maximum atomic E-state index is 14.4. The van der Waals surface area contributed by atoms with Crippen LogP contribution in [0.5, 0.6) is 5.75 Å². The van der Waals surface area contributed by atoms with Gasteiger partial charge in [0, 0.05) is 65.7 Å². The van der Waals surface area contributed by atoms with E-state index < -0.39 is 26.2 Å². The Balaban J connectivity index is 1.15. The molecule has 0 radical (unpaired) electrons. The van der Waals surface area contributed by atoms with Crippen LogP contribution in [0.1, 0.15) is 5.56 Å². The maximum Gasteiger partial charge on any atom is 0.357 e. The maximum absolute atomic E-state index is 14.4. The summed E-state index contributed by atoms with van der Waals surface area (Å²) in [6, 6.07) is 30.8. The van der Waals surface area contributed by atoms with Crippen LogP contribution in [0.3, 0.4) is 0 Å². The molecule has 0 aliphatic carbocycles. The van der Waals surface area contributed by atoms with E-state index in [2.05, 4.69) is 49.6 Å². The molecule has 2 aromatic heterocycles. The fraction of sp³-hybridized carbons (Fsp3) is 0.184. The molecule has 3 heterocycles. The Bertz CT molecular complexity index is 2460. The number of nitrogens with zero attached hydrogens (tertiary/aromatic N) is 5. The molecular formula is C38H34IN5O6S2. The standard InChI is InChI=1S/C38H34IN5O6S2/c1-42(51(46,47)36-33-8-4-2-6-28(33)18-20-40-36)35(38(45)44-24-22-43(23-25-44)31-14-12-30(39)13-15-31)26-27-10-16-32(17-11-27)50-52(48,49)37-34-9-5-3-7-29(34)19-21-41-37/h2-21,35H,22-26H2,1H3/t35-/m0/s1. The van der Waals surface area contributed by atoms with Gasteiger partial charge in [-0.1, -0.05) is 60.7 Å². The molecule has 7 rings (SSSR count). The number of sulfonamides is 1. The number of carbonyl (C=O) groups excluding carboxylic acids is 1. The topological polar surface area (TPSA) is 130 Å². The summed E-state index contributed by atoms with van der Waals surface area (Å²) in [6.45, 7) is 2.00. The number of likely N-dealkylation sites (N-methyl/N-ethyl adjacent to an activating group) is 1. The fourth-order valence-electron chi connectivity index (χ4n) is 6.38. The Hall–Kier alpha value is -4.64. The van der Waals surface area contributed by atoms with Crippen LogP contribution in [0.2, 0.25) is 0 Å². The van der Waals surface area contributed by atoms with Crippen molar-refractivity contribution in [2.75, 3.05) is 38.1 Å². The van der Waals surface area contributed by atoms with Gasteiger partial charge in [-0.05, 0) is 93.9 Å². The van der Waals surface area contributed by atoms with Crippen molar-refractivity contribution in [1.29, 1.82) is 0 Å². The average Bonchev–Trinajstić information content (AvgIpc) is 3.17. The van der Waals surface area contributed by atoms with Gasteiger partial charge >= 0.3 is 10.1 Å². The second-order valence-corrected chi connectivity index (χ2v) is 17.0. The van der Waals surface area contributed by atoms with E-state index in [1.165, 1.54) is 31.6 Å². The number of rotatable bonds is 10. The number of amides is 1. The first-order valence-corrected chi connectivity index (χ1v) is 20.4. The number of benzene rings is 4. The average molecular weight is 848 g/mol. The second kappa shape index (κ2) is 14.8. The first kappa shape index (κ1) is 35.7. The van der Waals surface area contributed by atoms with Crippen LogP contribution in [0.15, 0.2) is 132 Å².